The molecule has 1 aromatic heterocycles. The van der Waals surface area contributed by atoms with Crippen molar-refractivity contribution in [2.75, 3.05) is 5.32 Å². The van der Waals surface area contributed by atoms with E-state index >= 15 is 0 Å². The van der Waals surface area contributed by atoms with E-state index in [4.69, 9.17) is 5.73 Å². The van der Waals surface area contributed by atoms with E-state index in [1.807, 2.05) is 27.7 Å². The number of rotatable bonds is 4. The summed E-state index contributed by atoms with van der Waals surface area (Å²) < 4.78 is 0. The molecule has 1 atom stereocenters. The quantitative estimate of drug-likeness (QED) is 0.822. The van der Waals surface area contributed by atoms with E-state index in [0.717, 1.165) is 15.7 Å². The monoisotopic (exact) mass is 227 g/mol. The summed E-state index contributed by atoms with van der Waals surface area (Å²) in [6.07, 6.45) is 0. The van der Waals surface area contributed by atoms with Crippen molar-refractivity contribution in [1.82, 2.24) is 4.98 Å². The first-order valence-corrected chi connectivity index (χ1v) is 5.73. The Morgan fingerprint density at radius 2 is 2.07 bits per heavy atom. The number of nitrogens with zero attached hydrogens (tertiary/aromatic N) is 1. The first kappa shape index (κ1) is 12.0. The molecular weight excluding hydrogens is 210 g/mol. The largest absolute Gasteiger partial charge is 0.368 e. The molecule has 0 aliphatic carbocycles. The van der Waals surface area contributed by atoms with Crippen LogP contribution in [0.2, 0.25) is 0 Å². The molecule has 1 unspecified atom stereocenters. The number of carbonyl (C=O) groups excluding carboxylic acids is 1. The molecule has 15 heavy (non-hydrogen) atoms. The average molecular weight is 227 g/mol. The van der Waals surface area contributed by atoms with Gasteiger partial charge >= 0.3 is 0 Å². The molecule has 0 aliphatic rings. The summed E-state index contributed by atoms with van der Waals surface area (Å²) in [4.78, 5) is 16.6. The smallest absolute Gasteiger partial charge is 0.240 e. The molecular formula is C10H17N3OS. The normalized spacial score (nSPS) is 12.9. The molecule has 1 aromatic rings. The van der Waals surface area contributed by atoms with Crippen molar-refractivity contribution >= 4 is 22.4 Å². The van der Waals surface area contributed by atoms with Crippen molar-refractivity contribution in [3.63, 3.8) is 0 Å². The Morgan fingerprint density at radius 1 is 1.47 bits per heavy atom. The van der Waals surface area contributed by atoms with Gasteiger partial charge in [0.2, 0.25) is 5.91 Å². The Morgan fingerprint density at radius 3 is 2.40 bits per heavy atom. The van der Waals surface area contributed by atoms with Crippen LogP contribution in [0.15, 0.2) is 0 Å². The number of hydrogen-bond donors (Lipinski definition) is 2. The van der Waals surface area contributed by atoms with Gasteiger partial charge in [-0.1, -0.05) is 13.8 Å². The van der Waals surface area contributed by atoms with Crippen LogP contribution in [-0.4, -0.2) is 16.9 Å². The standard InChI is InChI=1S/C10H17N3OS/c1-5(2)8(9(11)14)13-10-12-6(3)7(4)15-10/h5,8H,1-4H3,(H2,11,14)(H,12,13). The van der Waals surface area contributed by atoms with Crippen LogP contribution in [0, 0.1) is 19.8 Å². The van der Waals surface area contributed by atoms with Crippen molar-refractivity contribution in [3.8, 4) is 0 Å². The lowest BCUT2D eigenvalue weighted by molar-refractivity contribution is -0.119. The second-order valence-electron chi connectivity index (χ2n) is 3.93. The zero-order valence-electron chi connectivity index (χ0n) is 9.50. The molecule has 5 heteroatoms. The van der Waals surface area contributed by atoms with Crippen LogP contribution in [0.25, 0.3) is 0 Å². The molecule has 0 fully saturated rings. The zero-order chi connectivity index (χ0) is 11.6. The molecule has 4 nitrogen and oxygen atoms in total. The van der Waals surface area contributed by atoms with Gasteiger partial charge in [0.1, 0.15) is 6.04 Å². The number of thiazole rings is 1. The minimum Gasteiger partial charge on any atom is -0.368 e. The number of carbonyl (C=O) groups is 1. The molecule has 1 amide bonds. The number of amides is 1. The highest BCUT2D eigenvalue weighted by Crippen LogP contribution is 2.22. The van der Waals surface area contributed by atoms with E-state index in [-0.39, 0.29) is 17.9 Å². The maximum Gasteiger partial charge on any atom is 0.240 e. The van der Waals surface area contributed by atoms with E-state index in [1.165, 1.54) is 0 Å². The van der Waals surface area contributed by atoms with Crippen LogP contribution < -0.4 is 11.1 Å². The summed E-state index contributed by atoms with van der Waals surface area (Å²) in [5.74, 6) is -0.178. The Labute approximate surface area is 93.9 Å². The number of nitrogens with one attached hydrogen (secondary N) is 1. The van der Waals surface area contributed by atoms with Crippen molar-refractivity contribution in [3.05, 3.63) is 10.6 Å². The van der Waals surface area contributed by atoms with Crippen LogP contribution in [0.1, 0.15) is 24.4 Å². The predicted molar refractivity (Wildman–Crippen MR) is 63.0 cm³/mol. The van der Waals surface area contributed by atoms with Crippen molar-refractivity contribution in [1.29, 1.82) is 0 Å². The molecule has 0 aromatic carbocycles. The van der Waals surface area contributed by atoms with Gasteiger partial charge in [0, 0.05) is 4.88 Å². The molecule has 0 spiro atoms. The molecule has 0 bridgehead atoms. The minimum atomic E-state index is -0.352. The summed E-state index contributed by atoms with van der Waals surface area (Å²) in [6, 6.07) is -0.352. The molecule has 1 heterocycles. The molecule has 0 radical (unpaired) electrons. The summed E-state index contributed by atoms with van der Waals surface area (Å²) in [7, 11) is 0. The van der Waals surface area contributed by atoms with Crippen LogP contribution in [0.4, 0.5) is 5.13 Å². The summed E-state index contributed by atoms with van der Waals surface area (Å²) in [5.41, 5.74) is 6.30. The highest BCUT2D eigenvalue weighted by Gasteiger charge is 2.20. The number of primary amides is 1. The molecule has 0 saturated heterocycles. The van der Waals surface area contributed by atoms with E-state index in [0.29, 0.717) is 0 Å². The second-order valence-corrected chi connectivity index (χ2v) is 5.13. The first-order chi connectivity index (χ1) is 6.91. The first-order valence-electron chi connectivity index (χ1n) is 4.91. The number of anilines is 1. The Balaban J connectivity index is 2.79. The third-order valence-corrected chi connectivity index (χ3v) is 3.28. The fourth-order valence-corrected chi connectivity index (χ4v) is 2.09. The van der Waals surface area contributed by atoms with Crippen molar-refractivity contribution in [2.45, 2.75) is 33.7 Å². The van der Waals surface area contributed by atoms with Crippen molar-refractivity contribution in [2.24, 2.45) is 11.7 Å². The molecule has 3 N–H and O–H groups in total. The Kier molecular flexibility index (Phi) is 3.68. The lowest BCUT2D eigenvalue weighted by atomic mass is 10.0. The number of hydrogen-bond acceptors (Lipinski definition) is 4. The van der Waals surface area contributed by atoms with E-state index in [9.17, 15) is 4.79 Å². The lowest BCUT2D eigenvalue weighted by Gasteiger charge is -2.17. The molecule has 0 aliphatic heterocycles. The number of aromatic nitrogens is 1. The highest BCUT2D eigenvalue weighted by molar-refractivity contribution is 7.15. The van der Waals surface area contributed by atoms with Gasteiger partial charge in [-0.2, -0.15) is 0 Å². The maximum atomic E-state index is 11.2. The van der Waals surface area contributed by atoms with Gasteiger partial charge in [0.25, 0.3) is 0 Å². The van der Waals surface area contributed by atoms with Gasteiger partial charge in [-0.15, -0.1) is 11.3 Å². The summed E-state index contributed by atoms with van der Waals surface area (Å²) >= 11 is 1.55. The zero-order valence-corrected chi connectivity index (χ0v) is 10.3. The maximum absolute atomic E-state index is 11.2. The third-order valence-electron chi connectivity index (χ3n) is 2.28. The van der Waals surface area contributed by atoms with Crippen LogP contribution in [-0.2, 0) is 4.79 Å². The van der Waals surface area contributed by atoms with E-state index in [1.54, 1.807) is 11.3 Å². The van der Waals surface area contributed by atoms with Gasteiger partial charge in [-0.25, -0.2) is 4.98 Å². The van der Waals surface area contributed by atoms with E-state index in [2.05, 4.69) is 10.3 Å². The minimum absolute atomic E-state index is 0.159. The van der Waals surface area contributed by atoms with Crippen LogP contribution >= 0.6 is 11.3 Å². The fraction of sp³-hybridized carbons (Fsp3) is 0.600. The molecule has 0 saturated carbocycles. The third kappa shape index (κ3) is 2.92. The Bertz CT molecular complexity index is 340. The van der Waals surface area contributed by atoms with Crippen LogP contribution in [0.3, 0.4) is 0 Å². The van der Waals surface area contributed by atoms with Gasteiger partial charge in [0.15, 0.2) is 5.13 Å². The van der Waals surface area contributed by atoms with Gasteiger partial charge in [-0.05, 0) is 19.8 Å². The van der Waals surface area contributed by atoms with Crippen LogP contribution in [0.5, 0.6) is 0 Å². The second kappa shape index (κ2) is 4.61. The Hall–Kier alpha value is -1.10. The average Bonchev–Trinajstić information content (AvgIpc) is 2.41. The van der Waals surface area contributed by atoms with Gasteiger partial charge in [0.05, 0.1) is 5.69 Å². The summed E-state index contributed by atoms with van der Waals surface area (Å²) in [5, 5.41) is 3.84. The van der Waals surface area contributed by atoms with Crippen molar-refractivity contribution < 1.29 is 4.79 Å². The van der Waals surface area contributed by atoms with E-state index < -0.39 is 0 Å². The SMILES string of the molecule is Cc1nc(NC(C(N)=O)C(C)C)sc1C. The predicted octanol–water partition coefficient (Wildman–Crippen LogP) is 1.68. The summed E-state index contributed by atoms with van der Waals surface area (Å²) in [6.45, 7) is 7.87. The number of aryl methyl sites for hydroxylation is 2. The topological polar surface area (TPSA) is 68.0 Å². The highest BCUT2D eigenvalue weighted by atomic mass is 32.1. The fourth-order valence-electron chi connectivity index (χ4n) is 1.23. The molecule has 84 valence electrons. The van der Waals surface area contributed by atoms with Gasteiger partial charge in [-0.3, -0.25) is 4.79 Å². The van der Waals surface area contributed by atoms with Gasteiger partial charge < -0.3 is 11.1 Å². The number of nitrogens with two attached hydrogens (primary N) is 1. The molecule has 1 rings (SSSR count). The lowest BCUT2D eigenvalue weighted by Crippen LogP contribution is -2.39.